The van der Waals surface area contributed by atoms with Crippen LogP contribution in [0, 0.1) is 0 Å². The molecule has 2 aromatic carbocycles. The van der Waals surface area contributed by atoms with Crippen LogP contribution in [-0.2, 0) is 4.79 Å². The van der Waals surface area contributed by atoms with Gasteiger partial charge >= 0.3 is 6.03 Å². The number of hydrogen-bond donors (Lipinski definition) is 2. The minimum atomic E-state index is -0.530. The molecule has 1 heterocycles. The SMILES string of the molecule is CCOc1ccc(-n2c(S[C@@H](C)C(=O)NC(=O)NC)nc3ccccc32)cc1. The van der Waals surface area contributed by atoms with Crippen LogP contribution < -0.4 is 15.4 Å². The highest BCUT2D eigenvalue weighted by Crippen LogP contribution is 2.31. The van der Waals surface area contributed by atoms with Crippen molar-refractivity contribution in [2.75, 3.05) is 13.7 Å². The number of imidazole rings is 1. The van der Waals surface area contributed by atoms with Gasteiger partial charge in [0.1, 0.15) is 5.75 Å². The first-order valence-corrected chi connectivity index (χ1v) is 9.81. The van der Waals surface area contributed by atoms with Gasteiger partial charge in [0, 0.05) is 12.7 Å². The number of ether oxygens (including phenoxy) is 1. The highest BCUT2D eigenvalue weighted by atomic mass is 32.2. The van der Waals surface area contributed by atoms with Gasteiger partial charge in [0.2, 0.25) is 5.91 Å². The van der Waals surface area contributed by atoms with E-state index in [9.17, 15) is 9.59 Å². The summed E-state index contributed by atoms with van der Waals surface area (Å²) in [6.07, 6.45) is 0. The van der Waals surface area contributed by atoms with Gasteiger partial charge in [0.05, 0.1) is 22.9 Å². The first-order valence-electron chi connectivity index (χ1n) is 8.93. The molecule has 7 nitrogen and oxygen atoms in total. The molecule has 0 saturated heterocycles. The minimum absolute atomic E-state index is 0.380. The number of para-hydroxylation sites is 2. The average molecular weight is 398 g/mol. The Labute approximate surface area is 167 Å². The fraction of sp³-hybridized carbons (Fsp3) is 0.250. The van der Waals surface area contributed by atoms with Gasteiger partial charge in [0.15, 0.2) is 5.16 Å². The van der Waals surface area contributed by atoms with Crippen molar-refractivity contribution in [3.05, 3.63) is 48.5 Å². The molecule has 8 heteroatoms. The highest BCUT2D eigenvalue weighted by molar-refractivity contribution is 8.00. The van der Waals surface area contributed by atoms with E-state index in [-0.39, 0.29) is 5.91 Å². The minimum Gasteiger partial charge on any atom is -0.494 e. The second-order valence-corrected chi connectivity index (χ2v) is 7.28. The van der Waals surface area contributed by atoms with Gasteiger partial charge in [0.25, 0.3) is 0 Å². The van der Waals surface area contributed by atoms with E-state index < -0.39 is 11.3 Å². The Kier molecular flexibility index (Phi) is 6.20. The van der Waals surface area contributed by atoms with Crippen LogP contribution in [0.1, 0.15) is 13.8 Å². The van der Waals surface area contributed by atoms with Crippen LogP contribution in [-0.4, -0.2) is 40.4 Å². The Morgan fingerprint density at radius 1 is 1.18 bits per heavy atom. The van der Waals surface area contributed by atoms with Crippen LogP contribution in [0.4, 0.5) is 4.79 Å². The van der Waals surface area contributed by atoms with E-state index in [1.165, 1.54) is 18.8 Å². The third kappa shape index (κ3) is 4.28. The summed E-state index contributed by atoms with van der Waals surface area (Å²) in [7, 11) is 1.46. The number of carbonyl (C=O) groups excluding carboxylic acids is 2. The zero-order valence-electron chi connectivity index (χ0n) is 15.9. The first-order chi connectivity index (χ1) is 13.5. The molecule has 3 amide bonds. The molecule has 0 radical (unpaired) electrons. The molecule has 146 valence electrons. The molecule has 0 fully saturated rings. The molecule has 0 spiro atoms. The number of thioether (sulfide) groups is 1. The maximum atomic E-state index is 12.2. The van der Waals surface area contributed by atoms with Gasteiger partial charge in [-0.15, -0.1) is 0 Å². The number of urea groups is 1. The molecule has 0 aliphatic heterocycles. The van der Waals surface area contributed by atoms with E-state index in [1.807, 2.05) is 60.0 Å². The monoisotopic (exact) mass is 398 g/mol. The number of fused-ring (bicyclic) bond motifs is 1. The number of aromatic nitrogens is 2. The maximum Gasteiger partial charge on any atom is 0.321 e. The summed E-state index contributed by atoms with van der Waals surface area (Å²) < 4.78 is 7.52. The van der Waals surface area contributed by atoms with Crippen molar-refractivity contribution in [1.29, 1.82) is 0 Å². The predicted molar refractivity (Wildman–Crippen MR) is 110 cm³/mol. The second kappa shape index (κ2) is 8.79. The fourth-order valence-corrected chi connectivity index (χ4v) is 3.62. The molecule has 28 heavy (non-hydrogen) atoms. The Balaban J connectivity index is 1.95. The Morgan fingerprint density at radius 3 is 2.57 bits per heavy atom. The lowest BCUT2D eigenvalue weighted by molar-refractivity contribution is -0.119. The number of rotatable bonds is 6. The molecule has 1 aromatic heterocycles. The smallest absolute Gasteiger partial charge is 0.321 e. The topological polar surface area (TPSA) is 85.2 Å². The molecule has 0 unspecified atom stereocenters. The van der Waals surface area contributed by atoms with Gasteiger partial charge in [-0.1, -0.05) is 23.9 Å². The molecule has 2 N–H and O–H groups in total. The third-order valence-electron chi connectivity index (χ3n) is 4.05. The highest BCUT2D eigenvalue weighted by Gasteiger charge is 2.21. The molecule has 3 aromatic rings. The van der Waals surface area contributed by atoms with Gasteiger partial charge in [-0.05, 0) is 50.2 Å². The molecular formula is C20H22N4O3S. The molecule has 3 rings (SSSR count). The number of nitrogens with zero attached hydrogens (tertiary/aromatic N) is 2. The van der Waals surface area contributed by atoms with Gasteiger partial charge < -0.3 is 10.1 Å². The Hall–Kier alpha value is -3.00. The summed E-state index contributed by atoms with van der Waals surface area (Å²) in [4.78, 5) is 28.3. The van der Waals surface area contributed by atoms with Crippen LogP contribution in [0.25, 0.3) is 16.7 Å². The number of carbonyl (C=O) groups is 2. The number of nitrogens with one attached hydrogen (secondary N) is 2. The number of amides is 3. The number of hydrogen-bond acceptors (Lipinski definition) is 5. The lowest BCUT2D eigenvalue weighted by Crippen LogP contribution is -2.41. The van der Waals surface area contributed by atoms with Crippen LogP contribution in [0.15, 0.2) is 53.7 Å². The van der Waals surface area contributed by atoms with Crippen LogP contribution in [0.3, 0.4) is 0 Å². The van der Waals surface area contributed by atoms with Crippen LogP contribution in [0.2, 0.25) is 0 Å². The maximum absolute atomic E-state index is 12.2. The van der Waals surface area contributed by atoms with Crippen LogP contribution >= 0.6 is 11.8 Å². The summed E-state index contributed by atoms with van der Waals surface area (Å²) in [5.41, 5.74) is 2.68. The predicted octanol–water partition coefficient (Wildman–Crippen LogP) is 3.36. The molecule has 0 aliphatic rings. The van der Waals surface area contributed by atoms with Crippen molar-refractivity contribution in [1.82, 2.24) is 20.2 Å². The number of benzene rings is 2. The standard InChI is InChI=1S/C20H22N4O3S/c1-4-27-15-11-9-14(10-12-15)24-17-8-6-5-7-16(17)22-20(24)28-13(2)18(25)23-19(26)21-3/h5-13H,4H2,1-3H3,(H2,21,23,25,26)/t13-/m0/s1. The number of imide groups is 1. The zero-order valence-corrected chi connectivity index (χ0v) is 16.7. The normalized spacial score (nSPS) is 11.8. The summed E-state index contributed by atoms with van der Waals surface area (Å²) in [6, 6.07) is 15.0. The quantitative estimate of drug-likeness (QED) is 0.622. The van der Waals surface area contributed by atoms with E-state index in [0.29, 0.717) is 11.8 Å². The average Bonchev–Trinajstić information content (AvgIpc) is 3.06. The van der Waals surface area contributed by atoms with Crippen molar-refractivity contribution >= 4 is 34.7 Å². The largest absolute Gasteiger partial charge is 0.494 e. The summed E-state index contributed by atoms with van der Waals surface area (Å²) >= 11 is 1.29. The third-order valence-corrected chi connectivity index (χ3v) is 5.10. The Bertz CT molecular complexity index is 985. The van der Waals surface area contributed by atoms with Crippen molar-refractivity contribution < 1.29 is 14.3 Å². The summed E-state index contributed by atoms with van der Waals surface area (Å²) in [6.45, 7) is 4.29. The van der Waals surface area contributed by atoms with Gasteiger partial charge in [-0.2, -0.15) is 0 Å². The molecular weight excluding hydrogens is 376 g/mol. The van der Waals surface area contributed by atoms with E-state index in [1.54, 1.807) is 6.92 Å². The van der Waals surface area contributed by atoms with Gasteiger partial charge in [-0.25, -0.2) is 9.78 Å². The van der Waals surface area contributed by atoms with Crippen LogP contribution in [0.5, 0.6) is 5.75 Å². The lowest BCUT2D eigenvalue weighted by Gasteiger charge is -2.13. The van der Waals surface area contributed by atoms with Crippen molar-refractivity contribution in [3.8, 4) is 11.4 Å². The summed E-state index contributed by atoms with van der Waals surface area (Å²) in [5, 5.41) is 4.84. The first kappa shape index (κ1) is 19.8. The summed E-state index contributed by atoms with van der Waals surface area (Å²) in [5.74, 6) is 0.415. The van der Waals surface area contributed by atoms with Crippen molar-refractivity contribution in [2.45, 2.75) is 24.3 Å². The van der Waals surface area contributed by atoms with Crippen molar-refractivity contribution in [3.63, 3.8) is 0 Å². The Morgan fingerprint density at radius 2 is 1.89 bits per heavy atom. The fourth-order valence-electron chi connectivity index (χ4n) is 2.68. The van der Waals surface area contributed by atoms with E-state index in [0.717, 1.165) is 22.5 Å². The van der Waals surface area contributed by atoms with E-state index in [2.05, 4.69) is 15.6 Å². The van der Waals surface area contributed by atoms with E-state index in [4.69, 9.17) is 4.74 Å². The molecule has 0 bridgehead atoms. The lowest BCUT2D eigenvalue weighted by atomic mass is 10.2. The van der Waals surface area contributed by atoms with Gasteiger partial charge in [-0.3, -0.25) is 14.7 Å². The molecule has 1 atom stereocenters. The second-order valence-electron chi connectivity index (χ2n) is 5.97. The zero-order chi connectivity index (χ0) is 20.1. The molecule has 0 saturated carbocycles. The van der Waals surface area contributed by atoms with E-state index >= 15 is 0 Å². The molecule has 0 aliphatic carbocycles. The van der Waals surface area contributed by atoms with Crippen molar-refractivity contribution in [2.24, 2.45) is 0 Å².